The Morgan fingerprint density at radius 2 is 2.24 bits per heavy atom. The van der Waals surface area contributed by atoms with Crippen LogP contribution in [0.3, 0.4) is 0 Å². The molecule has 0 aliphatic carbocycles. The zero-order valence-corrected chi connectivity index (χ0v) is 10.4. The fourth-order valence-corrected chi connectivity index (χ4v) is 2.11. The SMILES string of the molecule is CC(=O)NCC1CCN(CCCN=[N+]=[N-])CC1. The highest BCUT2D eigenvalue weighted by Gasteiger charge is 2.18. The summed E-state index contributed by atoms with van der Waals surface area (Å²) in [6.07, 6.45) is 3.21. The Kier molecular flexibility index (Phi) is 6.43. The number of carbonyl (C=O) groups is 1. The van der Waals surface area contributed by atoms with E-state index in [1.165, 1.54) is 0 Å². The summed E-state index contributed by atoms with van der Waals surface area (Å²) in [5, 5.41) is 6.40. The van der Waals surface area contributed by atoms with Crippen LogP contribution in [0.5, 0.6) is 0 Å². The molecular formula is C11H21N5O. The predicted molar refractivity (Wildman–Crippen MR) is 66.5 cm³/mol. The summed E-state index contributed by atoms with van der Waals surface area (Å²) in [6, 6.07) is 0. The second-order valence-corrected chi connectivity index (χ2v) is 4.53. The van der Waals surface area contributed by atoms with Crippen molar-refractivity contribution in [2.45, 2.75) is 26.2 Å². The molecule has 0 atom stereocenters. The molecule has 0 saturated carbocycles. The molecule has 96 valence electrons. The van der Waals surface area contributed by atoms with Crippen LogP contribution in [0.25, 0.3) is 10.4 Å². The van der Waals surface area contributed by atoms with Crippen LogP contribution in [-0.2, 0) is 4.79 Å². The number of nitrogens with one attached hydrogen (secondary N) is 1. The van der Waals surface area contributed by atoms with Gasteiger partial charge >= 0.3 is 0 Å². The molecule has 0 spiro atoms. The van der Waals surface area contributed by atoms with E-state index in [9.17, 15) is 4.79 Å². The molecule has 6 nitrogen and oxygen atoms in total. The number of carbonyl (C=O) groups excluding carboxylic acids is 1. The first-order valence-electron chi connectivity index (χ1n) is 6.20. The fraction of sp³-hybridized carbons (Fsp3) is 0.909. The van der Waals surface area contributed by atoms with E-state index in [0.717, 1.165) is 45.4 Å². The minimum Gasteiger partial charge on any atom is -0.356 e. The largest absolute Gasteiger partial charge is 0.356 e. The standard InChI is InChI=1S/C11H21N5O/c1-10(17)13-9-11-3-7-16(8-4-11)6-2-5-14-15-12/h11H,2-9H2,1H3,(H,13,17). The Bertz CT molecular complexity index is 280. The highest BCUT2D eigenvalue weighted by molar-refractivity contribution is 5.72. The summed E-state index contributed by atoms with van der Waals surface area (Å²) in [4.78, 5) is 15.9. The van der Waals surface area contributed by atoms with E-state index in [2.05, 4.69) is 20.2 Å². The summed E-state index contributed by atoms with van der Waals surface area (Å²) < 4.78 is 0. The van der Waals surface area contributed by atoms with Gasteiger partial charge < -0.3 is 10.2 Å². The van der Waals surface area contributed by atoms with Gasteiger partial charge in [-0.25, -0.2) is 0 Å². The minimum atomic E-state index is 0.0572. The van der Waals surface area contributed by atoms with Gasteiger partial charge in [0.2, 0.25) is 5.91 Å². The molecule has 0 aromatic rings. The van der Waals surface area contributed by atoms with E-state index in [4.69, 9.17) is 5.53 Å². The van der Waals surface area contributed by atoms with E-state index in [1.807, 2.05) is 0 Å². The first kappa shape index (κ1) is 13.8. The summed E-state index contributed by atoms with van der Waals surface area (Å²) in [5.41, 5.74) is 8.15. The Morgan fingerprint density at radius 1 is 1.53 bits per heavy atom. The van der Waals surface area contributed by atoms with E-state index in [1.54, 1.807) is 6.92 Å². The molecule has 1 heterocycles. The minimum absolute atomic E-state index is 0.0572. The molecule has 0 radical (unpaired) electrons. The molecule has 0 aromatic heterocycles. The van der Waals surface area contributed by atoms with Gasteiger partial charge in [0, 0.05) is 24.9 Å². The Balaban J connectivity index is 2.08. The Morgan fingerprint density at radius 3 is 2.82 bits per heavy atom. The molecule has 1 N–H and O–H groups in total. The van der Waals surface area contributed by atoms with Crippen LogP contribution >= 0.6 is 0 Å². The first-order valence-corrected chi connectivity index (χ1v) is 6.20. The highest BCUT2D eigenvalue weighted by atomic mass is 16.1. The van der Waals surface area contributed by atoms with Crippen molar-refractivity contribution in [3.63, 3.8) is 0 Å². The van der Waals surface area contributed by atoms with Crippen molar-refractivity contribution < 1.29 is 4.79 Å². The summed E-state index contributed by atoms with van der Waals surface area (Å²) in [5.74, 6) is 0.675. The van der Waals surface area contributed by atoms with Crippen molar-refractivity contribution in [2.75, 3.05) is 32.7 Å². The third-order valence-electron chi connectivity index (χ3n) is 3.14. The molecule has 1 aliphatic heterocycles. The molecule has 0 aromatic carbocycles. The summed E-state index contributed by atoms with van der Waals surface area (Å²) >= 11 is 0. The van der Waals surface area contributed by atoms with E-state index < -0.39 is 0 Å². The lowest BCUT2D eigenvalue weighted by molar-refractivity contribution is -0.119. The molecule has 1 amide bonds. The maximum atomic E-state index is 10.8. The second-order valence-electron chi connectivity index (χ2n) is 4.53. The zero-order chi connectivity index (χ0) is 12.5. The smallest absolute Gasteiger partial charge is 0.216 e. The van der Waals surface area contributed by atoms with Crippen molar-refractivity contribution in [3.8, 4) is 0 Å². The average molecular weight is 239 g/mol. The van der Waals surface area contributed by atoms with E-state index in [-0.39, 0.29) is 5.91 Å². The van der Waals surface area contributed by atoms with Crippen molar-refractivity contribution in [2.24, 2.45) is 11.0 Å². The zero-order valence-electron chi connectivity index (χ0n) is 10.4. The topological polar surface area (TPSA) is 81.1 Å². The number of azide groups is 1. The second kappa shape index (κ2) is 7.92. The van der Waals surface area contributed by atoms with Gasteiger partial charge in [0.1, 0.15) is 0 Å². The summed E-state index contributed by atoms with van der Waals surface area (Å²) in [7, 11) is 0. The number of hydrogen-bond donors (Lipinski definition) is 1. The number of hydrogen-bond acceptors (Lipinski definition) is 3. The van der Waals surface area contributed by atoms with Gasteiger partial charge in [0.25, 0.3) is 0 Å². The van der Waals surface area contributed by atoms with Gasteiger partial charge in [0.15, 0.2) is 0 Å². The third kappa shape index (κ3) is 6.14. The number of nitrogens with zero attached hydrogens (tertiary/aromatic N) is 4. The monoisotopic (exact) mass is 239 g/mol. The fourth-order valence-electron chi connectivity index (χ4n) is 2.11. The van der Waals surface area contributed by atoms with E-state index in [0.29, 0.717) is 12.5 Å². The molecule has 1 fully saturated rings. The molecule has 6 heteroatoms. The molecular weight excluding hydrogens is 218 g/mol. The van der Waals surface area contributed by atoms with Crippen LogP contribution < -0.4 is 5.32 Å². The van der Waals surface area contributed by atoms with Crippen LogP contribution in [0.2, 0.25) is 0 Å². The summed E-state index contributed by atoms with van der Waals surface area (Å²) in [6.45, 7) is 6.13. The van der Waals surface area contributed by atoms with E-state index >= 15 is 0 Å². The van der Waals surface area contributed by atoms with Crippen LogP contribution in [0.4, 0.5) is 0 Å². The quantitative estimate of drug-likeness (QED) is 0.330. The van der Waals surface area contributed by atoms with Crippen molar-refractivity contribution in [3.05, 3.63) is 10.4 Å². The molecule has 0 bridgehead atoms. The van der Waals surface area contributed by atoms with Gasteiger partial charge in [-0.1, -0.05) is 5.11 Å². The van der Waals surface area contributed by atoms with Crippen molar-refractivity contribution >= 4 is 5.91 Å². The van der Waals surface area contributed by atoms with Gasteiger partial charge in [0.05, 0.1) is 0 Å². The van der Waals surface area contributed by atoms with Gasteiger partial charge in [-0.05, 0) is 50.3 Å². The molecule has 0 unspecified atom stereocenters. The molecule has 1 rings (SSSR count). The Hall–Kier alpha value is -1.26. The number of amides is 1. The number of rotatable bonds is 6. The maximum Gasteiger partial charge on any atom is 0.216 e. The van der Waals surface area contributed by atoms with Crippen LogP contribution in [0, 0.1) is 5.92 Å². The lowest BCUT2D eigenvalue weighted by Gasteiger charge is -2.31. The molecule has 17 heavy (non-hydrogen) atoms. The lowest BCUT2D eigenvalue weighted by atomic mass is 9.96. The molecule has 1 saturated heterocycles. The average Bonchev–Trinajstić information content (AvgIpc) is 2.33. The Labute approximate surface area is 102 Å². The number of piperidine rings is 1. The maximum absolute atomic E-state index is 10.8. The number of likely N-dealkylation sites (tertiary alicyclic amines) is 1. The lowest BCUT2D eigenvalue weighted by Crippen LogP contribution is -2.38. The normalized spacial score (nSPS) is 17.5. The molecule has 1 aliphatic rings. The van der Waals surface area contributed by atoms with Crippen LogP contribution in [0.15, 0.2) is 5.11 Å². The van der Waals surface area contributed by atoms with Crippen molar-refractivity contribution in [1.82, 2.24) is 10.2 Å². The van der Waals surface area contributed by atoms with Gasteiger partial charge in [-0.2, -0.15) is 0 Å². The van der Waals surface area contributed by atoms with Gasteiger partial charge in [-0.3, -0.25) is 4.79 Å². The van der Waals surface area contributed by atoms with Crippen molar-refractivity contribution in [1.29, 1.82) is 0 Å². The van der Waals surface area contributed by atoms with Crippen LogP contribution in [0.1, 0.15) is 26.2 Å². The first-order chi connectivity index (χ1) is 8.22. The van der Waals surface area contributed by atoms with Gasteiger partial charge in [-0.15, -0.1) is 0 Å². The predicted octanol–water partition coefficient (Wildman–Crippen LogP) is 1.53. The van der Waals surface area contributed by atoms with Crippen LogP contribution in [-0.4, -0.2) is 43.5 Å². The third-order valence-corrected chi connectivity index (χ3v) is 3.14. The highest BCUT2D eigenvalue weighted by Crippen LogP contribution is 2.16.